The van der Waals surface area contributed by atoms with Gasteiger partial charge >= 0.3 is 5.97 Å². The average Bonchev–Trinajstić information content (AvgIpc) is 3.25. The molecule has 352 valence electrons. The Kier molecular flexibility index (Phi) is 40.2. The third-order valence-electron chi connectivity index (χ3n) is 11.5. The number of hydrogen-bond acceptors (Lipinski definition) is 9. The van der Waals surface area contributed by atoms with Crippen LogP contribution in [-0.4, -0.2) is 89.6 Å². The molecule has 0 radical (unpaired) electrons. The Hall–Kier alpha value is -1.59. The SMILES string of the molecule is CCCC/C=C\CCCCCCCC(=O)OC(COCCCCCCCCCCCCCCCC/C=C\C/C=C\CCCCCCC)COC1OC(CO)C(O)C(O)C1O. The number of unbranched alkanes of at least 4 members (excludes halogenated alkanes) is 26. The van der Waals surface area contributed by atoms with E-state index >= 15 is 0 Å². The fourth-order valence-corrected chi connectivity index (χ4v) is 7.56. The Balaban J connectivity index is 2.13. The highest BCUT2D eigenvalue weighted by molar-refractivity contribution is 5.69. The van der Waals surface area contributed by atoms with Gasteiger partial charge in [0.1, 0.15) is 30.5 Å². The standard InChI is InChI=1S/C51H94O9/c1-3-5-7-9-11-13-15-16-17-18-19-20-21-22-23-24-25-26-27-28-29-31-33-35-37-39-41-57-43-45(44-58-51-50(56)49(55)48(54)46(42-52)60-51)59-47(53)40-38-36-34-32-30-14-12-10-8-6-4-2/h10,12,15-16,18-19,45-46,48-52,54-56H,3-9,11,13-14,17,20-44H2,1-2H3/b12-10-,16-15-,19-18-. The molecule has 0 spiro atoms. The maximum Gasteiger partial charge on any atom is 0.306 e. The molecule has 0 amide bonds. The summed E-state index contributed by atoms with van der Waals surface area (Å²) in [6.07, 6.45) is 44.8. The van der Waals surface area contributed by atoms with Gasteiger partial charge in [-0.05, 0) is 64.2 Å². The lowest BCUT2D eigenvalue weighted by Gasteiger charge is -2.39. The van der Waals surface area contributed by atoms with E-state index in [2.05, 4.69) is 50.3 Å². The van der Waals surface area contributed by atoms with E-state index in [1.165, 1.54) is 141 Å². The van der Waals surface area contributed by atoms with E-state index in [-0.39, 0.29) is 19.2 Å². The summed E-state index contributed by atoms with van der Waals surface area (Å²) in [5.74, 6) is -0.323. The normalized spacial score (nSPS) is 20.3. The molecule has 0 bridgehead atoms. The largest absolute Gasteiger partial charge is 0.457 e. The number of hydrogen-bond donors (Lipinski definition) is 4. The lowest BCUT2D eigenvalue weighted by atomic mass is 9.99. The predicted molar refractivity (Wildman–Crippen MR) is 247 cm³/mol. The second kappa shape index (κ2) is 42.7. The third-order valence-corrected chi connectivity index (χ3v) is 11.5. The van der Waals surface area contributed by atoms with Gasteiger partial charge in [-0.2, -0.15) is 0 Å². The zero-order valence-corrected chi connectivity index (χ0v) is 38.7. The fourth-order valence-electron chi connectivity index (χ4n) is 7.56. The monoisotopic (exact) mass is 851 g/mol. The highest BCUT2D eigenvalue weighted by Gasteiger charge is 2.44. The first kappa shape index (κ1) is 56.4. The minimum Gasteiger partial charge on any atom is -0.457 e. The van der Waals surface area contributed by atoms with E-state index in [9.17, 15) is 25.2 Å². The van der Waals surface area contributed by atoms with Crippen LogP contribution in [0.5, 0.6) is 0 Å². The Bertz CT molecular complexity index is 1010. The van der Waals surface area contributed by atoms with E-state index < -0.39 is 43.4 Å². The van der Waals surface area contributed by atoms with Crippen molar-refractivity contribution in [3.8, 4) is 0 Å². The summed E-state index contributed by atoms with van der Waals surface area (Å²) in [5.41, 5.74) is 0. The van der Waals surface area contributed by atoms with E-state index in [4.69, 9.17) is 18.9 Å². The molecule has 6 unspecified atom stereocenters. The molecule has 0 saturated carbocycles. The number of carbonyl (C=O) groups excluding carboxylic acids is 1. The van der Waals surface area contributed by atoms with E-state index in [1.54, 1.807) is 0 Å². The number of carbonyl (C=O) groups is 1. The van der Waals surface area contributed by atoms with Gasteiger partial charge in [0.25, 0.3) is 0 Å². The second-order valence-corrected chi connectivity index (χ2v) is 17.3. The summed E-state index contributed by atoms with van der Waals surface area (Å²) in [4.78, 5) is 12.7. The zero-order valence-electron chi connectivity index (χ0n) is 38.7. The van der Waals surface area contributed by atoms with Gasteiger partial charge in [0.05, 0.1) is 19.8 Å². The third kappa shape index (κ3) is 33.0. The van der Waals surface area contributed by atoms with Crippen molar-refractivity contribution >= 4 is 5.97 Å². The zero-order chi connectivity index (χ0) is 43.6. The molecule has 9 heteroatoms. The van der Waals surface area contributed by atoms with Crippen molar-refractivity contribution in [1.29, 1.82) is 0 Å². The quantitative estimate of drug-likeness (QED) is 0.0269. The van der Waals surface area contributed by atoms with Crippen molar-refractivity contribution in [3.63, 3.8) is 0 Å². The maximum atomic E-state index is 12.7. The Morgan fingerprint density at radius 3 is 1.50 bits per heavy atom. The lowest BCUT2D eigenvalue weighted by molar-refractivity contribution is -0.305. The molecule has 1 aliphatic rings. The van der Waals surface area contributed by atoms with Crippen molar-refractivity contribution < 1.29 is 44.2 Å². The molecule has 1 aliphatic heterocycles. The summed E-state index contributed by atoms with van der Waals surface area (Å²) in [5, 5.41) is 40.1. The molecule has 60 heavy (non-hydrogen) atoms. The number of rotatable bonds is 43. The van der Waals surface area contributed by atoms with Gasteiger partial charge in [0.2, 0.25) is 0 Å². The van der Waals surface area contributed by atoms with Crippen molar-refractivity contribution in [2.75, 3.05) is 26.4 Å². The number of ether oxygens (including phenoxy) is 4. The Morgan fingerprint density at radius 2 is 0.983 bits per heavy atom. The van der Waals surface area contributed by atoms with Gasteiger partial charge in [-0.3, -0.25) is 4.79 Å². The van der Waals surface area contributed by atoms with Crippen molar-refractivity contribution in [2.24, 2.45) is 0 Å². The van der Waals surface area contributed by atoms with Gasteiger partial charge in [-0.15, -0.1) is 0 Å². The van der Waals surface area contributed by atoms with Crippen LogP contribution in [0.2, 0.25) is 0 Å². The van der Waals surface area contributed by atoms with Crippen molar-refractivity contribution in [3.05, 3.63) is 36.5 Å². The predicted octanol–water partition coefficient (Wildman–Crippen LogP) is 11.9. The summed E-state index contributed by atoms with van der Waals surface area (Å²) >= 11 is 0. The van der Waals surface area contributed by atoms with Crippen LogP contribution >= 0.6 is 0 Å². The molecule has 4 N–H and O–H groups in total. The summed E-state index contributed by atoms with van der Waals surface area (Å²) < 4.78 is 22.8. The average molecular weight is 851 g/mol. The second-order valence-electron chi connectivity index (χ2n) is 17.3. The number of aliphatic hydroxyl groups is 4. The van der Waals surface area contributed by atoms with E-state index in [1.807, 2.05) is 0 Å². The highest BCUT2D eigenvalue weighted by atomic mass is 16.7. The molecule has 1 heterocycles. The molecular weight excluding hydrogens is 757 g/mol. The number of esters is 1. The summed E-state index contributed by atoms with van der Waals surface area (Å²) in [7, 11) is 0. The smallest absolute Gasteiger partial charge is 0.306 e. The molecule has 1 saturated heterocycles. The Labute approximate surface area is 368 Å². The van der Waals surface area contributed by atoms with Crippen molar-refractivity contribution in [1.82, 2.24) is 0 Å². The molecule has 0 aromatic carbocycles. The molecule has 1 rings (SSSR count). The van der Waals surface area contributed by atoms with Crippen LogP contribution in [0.4, 0.5) is 0 Å². The number of allylic oxidation sites excluding steroid dienone is 6. The van der Waals surface area contributed by atoms with E-state index in [0.29, 0.717) is 13.0 Å². The Morgan fingerprint density at radius 1 is 0.533 bits per heavy atom. The first-order valence-corrected chi connectivity index (χ1v) is 25.1. The summed E-state index contributed by atoms with van der Waals surface area (Å²) in [6.45, 7) is 4.51. The fraction of sp³-hybridized carbons (Fsp3) is 0.863. The molecule has 9 nitrogen and oxygen atoms in total. The van der Waals surface area contributed by atoms with Gasteiger partial charge < -0.3 is 39.4 Å². The van der Waals surface area contributed by atoms with Crippen LogP contribution in [0.15, 0.2) is 36.5 Å². The highest BCUT2D eigenvalue weighted by Crippen LogP contribution is 2.23. The van der Waals surface area contributed by atoms with Crippen LogP contribution < -0.4 is 0 Å². The van der Waals surface area contributed by atoms with Gasteiger partial charge in [-0.25, -0.2) is 0 Å². The molecule has 6 atom stereocenters. The molecule has 0 aromatic heterocycles. The van der Waals surface area contributed by atoms with Crippen LogP contribution in [-0.2, 0) is 23.7 Å². The van der Waals surface area contributed by atoms with E-state index in [0.717, 1.165) is 57.8 Å². The van der Waals surface area contributed by atoms with Gasteiger partial charge in [0.15, 0.2) is 6.29 Å². The van der Waals surface area contributed by atoms with Crippen molar-refractivity contribution in [2.45, 2.75) is 256 Å². The summed E-state index contributed by atoms with van der Waals surface area (Å²) in [6, 6.07) is 0. The van der Waals surface area contributed by atoms with Gasteiger partial charge in [-0.1, -0.05) is 185 Å². The maximum absolute atomic E-state index is 12.7. The first-order chi connectivity index (χ1) is 29.4. The molecular formula is C51H94O9. The minimum atomic E-state index is -1.54. The topological polar surface area (TPSA) is 135 Å². The van der Waals surface area contributed by atoms with Crippen LogP contribution in [0, 0.1) is 0 Å². The molecule has 1 fully saturated rings. The lowest BCUT2D eigenvalue weighted by Crippen LogP contribution is -2.59. The van der Waals surface area contributed by atoms with Crippen LogP contribution in [0.1, 0.15) is 219 Å². The first-order valence-electron chi connectivity index (χ1n) is 25.1. The van der Waals surface area contributed by atoms with Crippen LogP contribution in [0.25, 0.3) is 0 Å². The van der Waals surface area contributed by atoms with Gasteiger partial charge in [0, 0.05) is 13.0 Å². The molecule has 0 aliphatic carbocycles. The molecule has 0 aromatic rings. The van der Waals surface area contributed by atoms with Crippen LogP contribution in [0.3, 0.4) is 0 Å². The minimum absolute atomic E-state index is 0.115. The number of aliphatic hydroxyl groups excluding tert-OH is 4.